The van der Waals surface area contributed by atoms with Crippen LogP contribution in [0.4, 0.5) is 0 Å². The summed E-state index contributed by atoms with van der Waals surface area (Å²) >= 11 is 0. The van der Waals surface area contributed by atoms with Crippen molar-refractivity contribution < 1.29 is 4.74 Å². The molecule has 3 rings (SSSR count). The van der Waals surface area contributed by atoms with E-state index in [0.717, 1.165) is 38.7 Å². The fourth-order valence-electron chi connectivity index (χ4n) is 3.01. The highest BCUT2D eigenvalue weighted by Gasteiger charge is 2.27. The summed E-state index contributed by atoms with van der Waals surface area (Å²) in [6.07, 6.45) is 4.17. The van der Waals surface area contributed by atoms with E-state index < -0.39 is 0 Å². The van der Waals surface area contributed by atoms with Gasteiger partial charge in [0.15, 0.2) is 0 Å². The summed E-state index contributed by atoms with van der Waals surface area (Å²) in [5, 5.41) is 3.71. The van der Waals surface area contributed by atoms with Gasteiger partial charge in [-0.3, -0.25) is 4.90 Å². The van der Waals surface area contributed by atoms with E-state index in [1.54, 1.807) is 0 Å². The minimum Gasteiger partial charge on any atom is -0.377 e. The lowest BCUT2D eigenvalue weighted by Crippen LogP contribution is -2.39. The summed E-state index contributed by atoms with van der Waals surface area (Å²) in [5.74, 6) is 0. The Morgan fingerprint density at radius 2 is 2.10 bits per heavy atom. The average Bonchev–Trinajstić information content (AvgIpc) is 3.29. The zero-order valence-electron chi connectivity index (χ0n) is 12.4. The Labute approximate surface area is 122 Å². The van der Waals surface area contributed by atoms with Crippen LogP contribution in [0.2, 0.25) is 0 Å². The van der Waals surface area contributed by atoms with Crippen molar-refractivity contribution in [2.45, 2.75) is 44.4 Å². The lowest BCUT2D eigenvalue weighted by Gasteiger charge is -2.32. The summed E-state index contributed by atoms with van der Waals surface area (Å²) in [5.41, 5.74) is 1.43. The van der Waals surface area contributed by atoms with Crippen LogP contribution in [0.15, 0.2) is 30.3 Å². The van der Waals surface area contributed by atoms with Crippen molar-refractivity contribution in [3.63, 3.8) is 0 Å². The predicted molar refractivity (Wildman–Crippen MR) is 81.8 cm³/mol. The van der Waals surface area contributed by atoms with Crippen molar-refractivity contribution in [3.8, 4) is 0 Å². The van der Waals surface area contributed by atoms with Crippen LogP contribution in [0.5, 0.6) is 0 Å². The number of hydrogen-bond acceptors (Lipinski definition) is 3. The monoisotopic (exact) mass is 274 g/mol. The van der Waals surface area contributed by atoms with E-state index in [-0.39, 0.29) is 0 Å². The van der Waals surface area contributed by atoms with Crippen LogP contribution in [0.25, 0.3) is 0 Å². The van der Waals surface area contributed by atoms with Gasteiger partial charge in [-0.15, -0.1) is 0 Å². The first-order chi connectivity index (χ1) is 9.83. The molecule has 110 valence electrons. The second-order valence-electron chi connectivity index (χ2n) is 6.14. The molecule has 1 N–H and O–H groups in total. The smallest absolute Gasteiger partial charge is 0.0674 e. The van der Waals surface area contributed by atoms with E-state index >= 15 is 0 Å². The molecular formula is C17H26N2O. The SMILES string of the molecule is CC1CN(C(CNC2CC2)c2ccccc2)CCCO1. The number of ether oxygens (including phenoxy) is 1. The molecule has 1 aromatic rings. The molecule has 1 saturated carbocycles. The fraction of sp³-hybridized carbons (Fsp3) is 0.647. The molecule has 20 heavy (non-hydrogen) atoms. The molecule has 2 fully saturated rings. The van der Waals surface area contributed by atoms with Crippen LogP contribution in [0, 0.1) is 0 Å². The first-order valence-corrected chi connectivity index (χ1v) is 7.97. The molecule has 0 spiro atoms. The number of nitrogens with one attached hydrogen (secondary N) is 1. The Bertz CT molecular complexity index is 405. The van der Waals surface area contributed by atoms with Crippen molar-refractivity contribution in [2.24, 2.45) is 0 Å². The topological polar surface area (TPSA) is 24.5 Å². The van der Waals surface area contributed by atoms with Gasteiger partial charge in [0.2, 0.25) is 0 Å². The third-order valence-corrected chi connectivity index (χ3v) is 4.29. The van der Waals surface area contributed by atoms with Crippen molar-refractivity contribution in [1.82, 2.24) is 10.2 Å². The van der Waals surface area contributed by atoms with Gasteiger partial charge in [-0.05, 0) is 31.7 Å². The highest BCUT2D eigenvalue weighted by atomic mass is 16.5. The third-order valence-electron chi connectivity index (χ3n) is 4.29. The molecule has 2 unspecified atom stereocenters. The second kappa shape index (κ2) is 6.70. The molecule has 0 bridgehead atoms. The molecule has 3 nitrogen and oxygen atoms in total. The highest BCUT2D eigenvalue weighted by Crippen LogP contribution is 2.25. The largest absolute Gasteiger partial charge is 0.377 e. The standard InChI is InChI=1S/C17H26N2O/c1-14-13-19(10-5-11-20-14)17(12-18-16-8-9-16)15-6-3-2-4-7-15/h2-4,6-7,14,16-18H,5,8-13H2,1H3. The zero-order valence-corrected chi connectivity index (χ0v) is 12.4. The Morgan fingerprint density at radius 1 is 1.30 bits per heavy atom. The van der Waals surface area contributed by atoms with E-state index in [1.165, 1.54) is 18.4 Å². The maximum atomic E-state index is 5.79. The van der Waals surface area contributed by atoms with E-state index in [0.29, 0.717) is 12.1 Å². The van der Waals surface area contributed by atoms with Gasteiger partial charge >= 0.3 is 0 Å². The molecule has 1 aromatic carbocycles. The summed E-state index contributed by atoms with van der Waals surface area (Å²) in [6, 6.07) is 12.2. The van der Waals surface area contributed by atoms with Crippen LogP contribution >= 0.6 is 0 Å². The Kier molecular flexibility index (Phi) is 4.71. The molecule has 0 aromatic heterocycles. The van der Waals surface area contributed by atoms with Gasteiger partial charge in [0.25, 0.3) is 0 Å². The van der Waals surface area contributed by atoms with Crippen LogP contribution in [-0.2, 0) is 4.74 Å². The maximum absolute atomic E-state index is 5.79. The van der Waals surface area contributed by atoms with Crippen molar-refractivity contribution in [2.75, 3.05) is 26.2 Å². The van der Waals surface area contributed by atoms with Crippen LogP contribution in [0.1, 0.15) is 37.8 Å². The lowest BCUT2D eigenvalue weighted by molar-refractivity contribution is 0.0603. The maximum Gasteiger partial charge on any atom is 0.0674 e. The van der Waals surface area contributed by atoms with E-state index in [1.807, 2.05) is 0 Å². The first kappa shape index (κ1) is 14.1. The molecule has 1 heterocycles. The Balaban J connectivity index is 1.72. The quantitative estimate of drug-likeness (QED) is 0.893. The lowest BCUT2D eigenvalue weighted by atomic mass is 10.0. The van der Waals surface area contributed by atoms with Gasteiger partial charge in [0, 0.05) is 38.3 Å². The van der Waals surface area contributed by atoms with Crippen LogP contribution in [0.3, 0.4) is 0 Å². The molecule has 1 aliphatic carbocycles. The second-order valence-corrected chi connectivity index (χ2v) is 6.14. The molecule has 0 amide bonds. The van der Waals surface area contributed by atoms with Crippen LogP contribution < -0.4 is 5.32 Å². The minimum absolute atomic E-state index is 0.338. The predicted octanol–water partition coefficient (Wildman–Crippen LogP) is 2.59. The molecular weight excluding hydrogens is 248 g/mol. The first-order valence-electron chi connectivity index (χ1n) is 7.97. The summed E-state index contributed by atoms with van der Waals surface area (Å²) in [7, 11) is 0. The molecule has 2 atom stereocenters. The number of hydrogen-bond donors (Lipinski definition) is 1. The molecule has 2 aliphatic rings. The minimum atomic E-state index is 0.338. The van der Waals surface area contributed by atoms with E-state index in [9.17, 15) is 0 Å². The number of benzene rings is 1. The Morgan fingerprint density at radius 3 is 2.85 bits per heavy atom. The van der Waals surface area contributed by atoms with Crippen LogP contribution in [-0.4, -0.2) is 43.3 Å². The molecule has 1 saturated heterocycles. The van der Waals surface area contributed by atoms with Gasteiger partial charge < -0.3 is 10.1 Å². The third kappa shape index (κ3) is 3.81. The summed E-state index contributed by atoms with van der Waals surface area (Å²) in [4.78, 5) is 2.60. The van der Waals surface area contributed by atoms with Crippen molar-refractivity contribution in [3.05, 3.63) is 35.9 Å². The Hall–Kier alpha value is -0.900. The summed E-state index contributed by atoms with van der Waals surface area (Å²) < 4.78 is 5.79. The van der Waals surface area contributed by atoms with Gasteiger partial charge in [0.05, 0.1) is 6.10 Å². The van der Waals surface area contributed by atoms with Gasteiger partial charge in [-0.25, -0.2) is 0 Å². The van der Waals surface area contributed by atoms with Gasteiger partial charge in [-0.1, -0.05) is 30.3 Å². The van der Waals surface area contributed by atoms with Crippen molar-refractivity contribution >= 4 is 0 Å². The van der Waals surface area contributed by atoms with Gasteiger partial charge in [-0.2, -0.15) is 0 Å². The highest BCUT2D eigenvalue weighted by molar-refractivity contribution is 5.19. The average molecular weight is 274 g/mol. The summed E-state index contributed by atoms with van der Waals surface area (Å²) in [6.45, 7) is 6.31. The zero-order chi connectivity index (χ0) is 13.8. The van der Waals surface area contributed by atoms with Crippen molar-refractivity contribution in [1.29, 1.82) is 0 Å². The van der Waals surface area contributed by atoms with E-state index in [4.69, 9.17) is 4.74 Å². The number of rotatable bonds is 5. The number of nitrogens with zero attached hydrogens (tertiary/aromatic N) is 1. The molecule has 1 aliphatic heterocycles. The normalized spacial score (nSPS) is 26.1. The van der Waals surface area contributed by atoms with E-state index in [2.05, 4.69) is 47.5 Å². The molecule has 3 heteroatoms. The van der Waals surface area contributed by atoms with Gasteiger partial charge in [0.1, 0.15) is 0 Å². The fourth-order valence-corrected chi connectivity index (χ4v) is 3.01. The molecule has 0 radical (unpaired) electrons.